The molecule has 35 heavy (non-hydrogen) atoms. The number of nitro benzene ring substituents is 1. The lowest BCUT2D eigenvalue weighted by Gasteiger charge is -2.28. The fraction of sp³-hybridized carbons (Fsp3) is 0.273. The molecular formula is C22H23N7O5S. The number of carbonyl (C=O) groups is 2. The molecule has 0 atom stereocenters. The molecular weight excluding hydrogens is 474 g/mol. The molecule has 1 aliphatic rings. The summed E-state index contributed by atoms with van der Waals surface area (Å²) >= 11 is 1.18. The van der Waals surface area contributed by atoms with Crippen molar-refractivity contribution in [2.24, 2.45) is 0 Å². The molecule has 0 spiro atoms. The number of aryl methyl sites for hydroxylation is 1. The maximum atomic E-state index is 12.4. The van der Waals surface area contributed by atoms with Crippen LogP contribution in [-0.4, -0.2) is 63.6 Å². The lowest BCUT2D eigenvalue weighted by Crippen LogP contribution is -2.42. The molecule has 3 aromatic rings. The number of ether oxygens (including phenoxy) is 1. The molecule has 0 aliphatic carbocycles. The minimum atomic E-state index is -0.662. The summed E-state index contributed by atoms with van der Waals surface area (Å²) in [5.41, 5.74) is 6.37. The Kier molecular flexibility index (Phi) is 7.57. The molecule has 0 saturated carbocycles. The molecule has 0 bridgehead atoms. The van der Waals surface area contributed by atoms with Crippen molar-refractivity contribution in [2.75, 3.05) is 37.0 Å². The Morgan fingerprint density at radius 3 is 2.63 bits per heavy atom. The Morgan fingerprint density at radius 2 is 1.89 bits per heavy atom. The van der Waals surface area contributed by atoms with E-state index in [1.807, 2.05) is 35.8 Å². The third-order valence-corrected chi connectivity index (χ3v) is 6.16. The normalized spacial score (nSPS) is 13.3. The first-order valence-electron chi connectivity index (χ1n) is 10.7. The Bertz CT molecular complexity index is 1240. The number of para-hydroxylation sites is 1. The van der Waals surface area contributed by atoms with Crippen molar-refractivity contribution in [2.45, 2.75) is 12.1 Å². The fourth-order valence-corrected chi connectivity index (χ4v) is 4.21. The average molecular weight is 498 g/mol. The number of anilines is 1. The van der Waals surface area contributed by atoms with Gasteiger partial charge in [-0.25, -0.2) is 0 Å². The number of nitro groups is 1. The van der Waals surface area contributed by atoms with E-state index < -0.39 is 16.7 Å². The Hall–Kier alpha value is -3.97. The number of non-ortho nitro benzene ring substituents is 1. The zero-order valence-corrected chi connectivity index (χ0v) is 19.7. The number of aromatic nitrogens is 3. The highest BCUT2D eigenvalue weighted by molar-refractivity contribution is 7.99. The van der Waals surface area contributed by atoms with E-state index in [9.17, 15) is 19.7 Å². The minimum absolute atomic E-state index is 0.0393. The third kappa shape index (κ3) is 5.75. The van der Waals surface area contributed by atoms with Crippen molar-refractivity contribution in [3.63, 3.8) is 0 Å². The molecule has 1 aromatic heterocycles. The largest absolute Gasteiger partial charge is 0.378 e. The summed E-state index contributed by atoms with van der Waals surface area (Å²) in [7, 11) is 0. The lowest BCUT2D eigenvalue weighted by molar-refractivity contribution is -0.384. The molecule has 12 nitrogen and oxygen atoms in total. The van der Waals surface area contributed by atoms with Crippen LogP contribution in [0.3, 0.4) is 0 Å². The van der Waals surface area contributed by atoms with E-state index in [-0.39, 0.29) is 17.0 Å². The zero-order chi connectivity index (χ0) is 24.8. The van der Waals surface area contributed by atoms with Crippen molar-refractivity contribution in [1.82, 2.24) is 25.6 Å². The summed E-state index contributed by atoms with van der Waals surface area (Å²) in [5.74, 6) is -0.502. The van der Waals surface area contributed by atoms with Gasteiger partial charge in [0, 0.05) is 30.8 Å². The second-order valence-corrected chi connectivity index (χ2v) is 8.54. The van der Waals surface area contributed by atoms with Crippen molar-refractivity contribution < 1.29 is 19.2 Å². The van der Waals surface area contributed by atoms with Gasteiger partial charge in [-0.2, -0.15) is 0 Å². The van der Waals surface area contributed by atoms with Gasteiger partial charge in [-0.15, -0.1) is 10.2 Å². The SMILES string of the molecule is Cc1ccccc1-n1c(SCC(=O)NNC(=O)c2cccc([N+](=O)[O-])c2)nnc1N1CCOCC1. The number of benzene rings is 2. The standard InChI is InChI=1S/C22H23N7O5S/c1-15-5-2-3-8-18(15)28-21(27-9-11-34-12-10-27)25-26-22(28)35-14-19(30)23-24-20(31)16-6-4-7-17(13-16)29(32)33/h2-8,13H,9-12,14H2,1H3,(H,23,30)(H,24,31). The van der Waals surface area contributed by atoms with E-state index in [0.717, 1.165) is 17.3 Å². The quantitative estimate of drug-likeness (QED) is 0.284. The highest BCUT2D eigenvalue weighted by Gasteiger charge is 2.23. The number of rotatable bonds is 7. The second kappa shape index (κ2) is 11.0. The van der Waals surface area contributed by atoms with E-state index >= 15 is 0 Å². The topological polar surface area (TPSA) is 145 Å². The van der Waals surface area contributed by atoms with E-state index in [1.165, 1.54) is 30.0 Å². The van der Waals surface area contributed by atoms with Crippen molar-refractivity contribution in [3.8, 4) is 5.69 Å². The van der Waals surface area contributed by atoms with Crippen LogP contribution in [0.4, 0.5) is 11.6 Å². The molecule has 2 amide bonds. The first kappa shape index (κ1) is 24.2. The molecule has 1 saturated heterocycles. The van der Waals surface area contributed by atoms with Crippen LogP contribution < -0.4 is 15.8 Å². The molecule has 0 radical (unpaired) electrons. The van der Waals surface area contributed by atoms with Gasteiger partial charge >= 0.3 is 0 Å². The van der Waals surface area contributed by atoms with Gasteiger partial charge in [0.05, 0.1) is 29.6 Å². The molecule has 1 aliphatic heterocycles. The maximum Gasteiger partial charge on any atom is 0.270 e. The van der Waals surface area contributed by atoms with Crippen LogP contribution in [0.5, 0.6) is 0 Å². The van der Waals surface area contributed by atoms with E-state index in [0.29, 0.717) is 37.4 Å². The lowest BCUT2D eigenvalue weighted by atomic mass is 10.2. The molecule has 2 aromatic carbocycles. The molecule has 182 valence electrons. The van der Waals surface area contributed by atoms with Gasteiger partial charge in [-0.05, 0) is 24.6 Å². The van der Waals surface area contributed by atoms with Gasteiger partial charge in [0.15, 0.2) is 5.16 Å². The first-order chi connectivity index (χ1) is 16.9. The van der Waals surface area contributed by atoms with Gasteiger partial charge in [0.2, 0.25) is 11.9 Å². The number of thioether (sulfide) groups is 1. The summed E-state index contributed by atoms with van der Waals surface area (Å²) in [4.78, 5) is 37.1. The summed E-state index contributed by atoms with van der Waals surface area (Å²) in [5, 5.41) is 20.1. The molecule has 13 heteroatoms. The predicted octanol–water partition coefficient (Wildman–Crippen LogP) is 1.87. The van der Waals surface area contributed by atoms with Gasteiger partial charge in [-0.1, -0.05) is 36.0 Å². The van der Waals surface area contributed by atoms with Gasteiger partial charge in [0.1, 0.15) is 0 Å². The van der Waals surface area contributed by atoms with Crippen LogP contribution >= 0.6 is 11.8 Å². The van der Waals surface area contributed by atoms with Crippen LogP contribution in [0.2, 0.25) is 0 Å². The number of hydrogen-bond donors (Lipinski definition) is 2. The Labute approximate surface area is 204 Å². The van der Waals surface area contributed by atoms with Gasteiger partial charge in [-0.3, -0.25) is 35.1 Å². The first-order valence-corrected chi connectivity index (χ1v) is 11.7. The number of amides is 2. The monoisotopic (exact) mass is 497 g/mol. The zero-order valence-electron chi connectivity index (χ0n) is 18.8. The number of nitrogens with zero attached hydrogens (tertiary/aromatic N) is 5. The van der Waals surface area contributed by atoms with Crippen LogP contribution in [0.15, 0.2) is 53.7 Å². The van der Waals surface area contributed by atoms with Crippen molar-refractivity contribution >= 4 is 35.2 Å². The van der Waals surface area contributed by atoms with Gasteiger partial charge < -0.3 is 9.64 Å². The van der Waals surface area contributed by atoms with Crippen LogP contribution in [0.25, 0.3) is 5.69 Å². The third-order valence-electron chi connectivity index (χ3n) is 5.23. The molecule has 0 unspecified atom stereocenters. The number of nitrogens with one attached hydrogen (secondary N) is 2. The van der Waals surface area contributed by atoms with Crippen LogP contribution in [0.1, 0.15) is 15.9 Å². The van der Waals surface area contributed by atoms with E-state index in [1.54, 1.807) is 0 Å². The van der Waals surface area contributed by atoms with Crippen LogP contribution in [0, 0.1) is 17.0 Å². The molecule has 4 rings (SSSR count). The van der Waals surface area contributed by atoms with Crippen molar-refractivity contribution in [3.05, 3.63) is 69.8 Å². The number of hydrazine groups is 1. The molecule has 1 fully saturated rings. The summed E-state index contributed by atoms with van der Waals surface area (Å²) in [6, 6.07) is 13.1. The van der Waals surface area contributed by atoms with Crippen LogP contribution in [-0.2, 0) is 9.53 Å². The van der Waals surface area contributed by atoms with E-state index in [2.05, 4.69) is 25.9 Å². The van der Waals surface area contributed by atoms with Gasteiger partial charge in [0.25, 0.3) is 11.6 Å². The summed E-state index contributed by atoms with van der Waals surface area (Å²) in [6.45, 7) is 4.53. The highest BCUT2D eigenvalue weighted by Crippen LogP contribution is 2.28. The van der Waals surface area contributed by atoms with Crippen molar-refractivity contribution in [1.29, 1.82) is 0 Å². The summed E-state index contributed by atoms with van der Waals surface area (Å²) < 4.78 is 7.36. The summed E-state index contributed by atoms with van der Waals surface area (Å²) in [6.07, 6.45) is 0. The maximum absolute atomic E-state index is 12.4. The minimum Gasteiger partial charge on any atom is -0.378 e. The molecule has 2 N–H and O–H groups in total. The van der Waals surface area contributed by atoms with E-state index in [4.69, 9.17) is 4.74 Å². The predicted molar refractivity (Wildman–Crippen MR) is 129 cm³/mol. The second-order valence-electron chi connectivity index (χ2n) is 7.60. The number of hydrogen-bond acceptors (Lipinski definition) is 9. The smallest absolute Gasteiger partial charge is 0.270 e. The Morgan fingerprint density at radius 1 is 1.11 bits per heavy atom. The highest BCUT2D eigenvalue weighted by atomic mass is 32.2. The number of carbonyl (C=O) groups excluding carboxylic acids is 2. The molecule has 2 heterocycles. The number of morpholine rings is 1. The fourth-order valence-electron chi connectivity index (χ4n) is 3.47. The average Bonchev–Trinajstić information content (AvgIpc) is 3.30. The Balaban J connectivity index is 1.43.